The Morgan fingerprint density at radius 2 is 1.88 bits per heavy atom. The van der Waals surface area contributed by atoms with Gasteiger partial charge in [-0.2, -0.15) is 5.10 Å². The minimum Gasteiger partial charge on any atom is -0.399 e. The molecule has 0 spiro atoms. The van der Waals surface area contributed by atoms with Gasteiger partial charge in [-0.05, 0) is 48.2 Å². The van der Waals surface area contributed by atoms with Crippen LogP contribution < -0.4 is 11.1 Å². The number of fused-ring (bicyclic) bond motifs is 1. The molecule has 0 amide bonds. The number of benzene rings is 1. The van der Waals surface area contributed by atoms with Crippen molar-refractivity contribution in [1.82, 2.24) is 24.4 Å². The SMILES string of the molecule is Cn1ccc(Nc2nc(Sc3ccc(N)cc3)nn3cccc23)n1. The maximum absolute atomic E-state index is 5.73. The predicted octanol–water partition coefficient (Wildman–Crippen LogP) is 2.94. The third kappa shape index (κ3) is 2.91. The van der Waals surface area contributed by atoms with Gasteiger partial charge in [0.2, 0.25) is 5.16 Å². The lowest BCUT2D eigenvalue weighted by atomic mass is 10.3. The first-order valence-electron chi connectivity index (χ1n) is 7.33. The molecule has 4 rings (SSSR count). The number of anilines is 3. The molecule has 0 aliphatic carbocycles. The normalized spacial score (nSPS) is 11.0. The number of hydrogen-bond acceptors (Lipinski definition) is 6. The van der Waals surface area contributed by atoms with E-state index < -0.39 is 0 Å². The van der Waals surface area contributed by atoms with Crippen molar-refractivity contribution in [2.45, 2.75) is 10.1 Å². The highest BCUT2D eigenvalue weighted by atomic mass is 32.2. The van der Waals surface area contributed by atoms with Gasteiger partial charge >= 0.3 is 0 Å². The highest BCUT2D eigenvalue weighted by Gasteiger charge is 2.10. The average molecular weight is 337 g/mol. The molecule has 0 fully saturated rings. The maximum Gasteiger partial charge on any atom is 0.214 e. The summed E-state index contributed by atoms with van der Waals surface area (Å²) in [6.45, 7) is 0. The quantitative estimate of drug-likeness (QED) is 0.557. The van der Waals surface area contributed by atoms with Gasteiger partial charge in [0.15, 0.2) is 11.6 Å². The van der Waals surface area contributed by atoms with E-state index in [0.29, 0.717) is 11.0 Å². The second-order valence-electron chi connectivity index (χ2n) is 5.25. The number of nitrogens with zero attached hydrogens (tertiary/aromatic N) is 5. The van der Waals surface area contributed by atoms with E-state index in [4.69, 9.17) is 5.73 Å². The summed E-state index contributed by atoms with van der Waals surface area (Å²) in [6.07, 6.45) is 3.77. The predicted molar refractivity (Wildman–Crippen MR) is 94.5 cm³/mol. The second-order valence-corrected chi connectivity index (χ2v) is 6.29. The molecular weight excluding hydrogens is 322 g/mol. The molecule has 0 saturated heterocycles. The van der Waals surface area contributed by atoms with Crippen molar-refractivity contribution < 1.29 is 0 Å². The van der Waals surface area contributed by atoms with Crippen molar-refractivity contribution in [3.63, 3.8) is 0 Å². The monoisotopic (exact) mass is 337 g/mol. The van der Waals surface area contributed by atoms with Crippen LogP contribution in [0.25, 0.3) is 5.52 Å². The summed E-state index contributed by atoms with van der Waals surface area (Å²) in [4.78, 5) is 5.66. The molecule has 0 aliphatic heterocycles. The Hall–Kier alpha value is -3.00. The summed E-state index contributed by atoms with van der Waals surface area (Å²) in [6, 6.07) is 13.4. The van der Waals surface area contributed by atoms with E-state index in [1.165, 1.54) is 11.8 Å². The molecular formula is C16H15N7S. The number of nitrogens with one attached hydrogen (secondary N) is 1. The molecule has 0 atom stereocenters. The summed E-state index contributed by atoms with van der Waals surface area (Å²) < 4.78 is 3.54. The van der Waals surface area contributed by atoms with Crippen molar-refractivity contribution in [3.8, 4) is 0 Å². The topological polar surface area (TPSA) is 86.1 Å². The Balaban J connectivity index is 1.70. The first kappa shape index (κ1) is 14.6. The molecule has 4 aromatic rings. The molecule has 3 N–H and O–H groups in total. The van der Waals surface area contributed by atoms with E-state index in [2.05, 4.69) is 20.5 Å². The van der Waals surface area contributed by atoms with Crippen molar-refractivity contribution in [2.24, 2.45) is 7.05 Å². The van der Waals surface area contributed by atoms with E-state index in [1.807, 2.05) is 61.9 Å². The van der Waals surface area contributed by atoms with Crippen LogP contribution in [0, 0.1) is 0 Å². The number of nitrogen functional groups attached to an aromatic ring is 1. The summed E-state index contributed by atoms with van der Waals surface area (Å²) in [7, 11) is 1.88. The minimum absolute atomic E-state index is 0.641. The lowest BCUT2D eigenvalue weighted by Gasteiger charge is -2.08. The van der Waals surface area contributed by atoms with Crippen LogP contribution in [-0.4, -0.2) is 24.4 Å². The van der Waals surface area contributed by atoms with E-state index in [1.54, 1.807) is 9.20 Å². The van der Waals surface area contributed by atoms with Gasteiger partial charge in [0.25, 0.3) is 0 Å². The molecule has 0 aliphatic rings. The zero-order chi connectivity index (χ0) is 16.5. The molecule has 7 nitrogen and oxygen atoms in total. The minimum atomic E-state index is 0.641. The number of aromatic nitrogens is 5. The molecule has 3 aromatic heterocycles. The highest BCUT2D eigenvalue weighted by Crippen LogP contribution is 2.28. The van der Waals surface area contributed by atoms with Crippen molar-refractivity contribution in [3.05, 3.63) is 54.9 Å². The molecule has 0 saturated carbocycles. The molecule has 0 unspecified atom stereocenters. The fraction of sp³-hybridized carbons (Fsp3) is 0.0625. The van der Waals surface area contributed by atoms with E-state index in [-0.39, 0.29) is 0 Å². The van der Waals surface area contributed by atoms with Gasteiger partial charge in [-0.1, -0.05) is 0 Å². The van der Waals surface area contributed by atoms with Crippen molar-refractivity contribution >= 4 is 34.6 Å². The molecule has 8 heteroatoms. The first-order valence-corrected chi connectivity index (χ1v) is 8.14. The van der Waals surface area contributed by atoms with E-state index in [0.717, 1.165) is 21.9 Å². The third-order valence-corrected chi connectivity index (χ3v) is 4.28. The van der Waals surface area contributed by atoms with E-state index in [9.17, 15) is 0 Å². The van der Waals surface area contributed by atoms with Crippen LogP contribution in [-0.2, 0) is 7.05 Å². The molecule has 0 radical (unpaired) electrons. The van der Waals surface area contributed by atoms with Crippen LogP contribution in [0.1, 0.15) is 0 Å². The lowest BCUT2D eigenvalue weighted by Crippen LogP contribution is -2.03. The van der Waals surface area contributed by atoms with Gasteiger partial charge in [0.05, 0.1) is 0 Å². The van der Waals surface area contributed by atoms with Gasteiger partial charge in [-0.3, -0.25) is 4.68 Å². The van der Waals surface area contributed by atoms with Gasteiger partial charge in [-0.25, -0.2) is 9.50 Å². The van der Waals surface area contributed by atoms with Crippen LogP contribution in [0.4, 0.5) is 17.3 Å². The molecule has 1 aromatic carbocycles. The summed E-state index contributed by atoms with van der Waals surface area (Å²) in [5, 5.41) is 12.8. The van der Waals surface area contributed by atoms with Gasteiger partial charge in [0.1, 0.15) is 5.52 Å². The van der Waals surface area contributed by atoms with Crippen molar-refractivity contribution in [2.75, 3.05) is 11.1 Å². The molecule has 120 valence electrons. The smallest absolute Gasteiger partial charge is 0.214 e. The lowest BCUT2D eigenvalue weighted by molar-refractivity contribution is 0.769. The Bertz CT molecular complexity index is 987. The number of aryl methyl sites for hydroxylation is 1. The van der Waals surface area contributed by atoms with Crippen LogP contribution in [0.5, 0.6) is 0 Å². The molecule has 3 heterocycles. The fourth-order valence-corrected chi connectivity index (χ4v) is 3.04. The second kappa shape index (κ2) is 5.89. The van der Waals surface area contributed by atoms with Gasteiger partial charge < -0.3 is 11.1 Å². The third-order valence-electron chi connectivity index (χ3n) is 3.42. The first-order chi connectivity index (χ1) is 11.7. The molecule has 0 bridgehead atoms. The maximum atomic E-state index is 5.73. The van der Waals surface area contributed by atoms with Gasteiger partial charge in [0, 0.05) is 36.1 Å². The summed E-state index contributed by atoms with van der Waals surface area (Å²) in [5.74, 6) is 1.45. The number of rotatable bonds is 4. The summed E-state index contributed by atoms with van der Waals surface area (Å²) >= 11 is 1.48. The Labute approximate surface area is 142 Å². The Kier molecular flexibility index (Phi) is 3.58. The van der Waals surface area contributed by atoms with Crippen LogP contribution >= 0.6 is 11.8 Å². The van der Waals surface area contributed by atoms with Crippen LogP contribution in [0.15, 0.2) is 64.9 Å². The number of nitrogens with two attached hydrogens (primary N) is 1. The zero-order valence-corrected chi connectivity index (χ0v) is 13.7. The van der Waals surface area contributed by atoms with Crippen LogP contribution in [0.2, 0.25) is 0 Å². The Morgan fingerprint density at radius 1 is 1.04 bits per heavy atom. The molecule has 24 heavy (non-hydrogen) atoms. The Morgan fingerprint density at radius 3 is 2.62 bits per heavy atom. The largest absolute Gasteiger partial charge is 0.399 e. The average Bonchev–Trinajstić information content (AvgIpc) is 3.19. The van der Waals surface area contributed by atoms with Gasteiger partial charge in [-0.15, -0.1) is 5.10 Å². The fourth-order valence-electron chi connectivity index (χ4n) is 2.29. The zero-order valence-electron chi connectivity index (χ0n) is 12.9. The summed E-state index contributed by atoms with van der Waals surface area (Å²) in [5.41, 5.74) is 7.35. The highest BCUT2D eigenvalue weighted by molar-refractivity contribution is 7.99. The number of hydrogen-bond donors (Lipinski definition) is 2. The van der Waals surface area contributed by atoms with Crippen molar-refractivity contribution in [1.29, 1.82) is 0 Å². The van der Waals surface area contributed by atoms with E-state index >= 15 is 0 Å². The standard InChI is InChI=1S/C16H15N7S/c1-22-10-8-14(20-22)18-15-13-3-2-9-23(13)21-16(19-15)24-12-6-4-11(17)5-7-12/h2-10H,17H2,1H3,(H,18,19,20,21). The van der Waals surface area contributed by atoms with Crippen LogP contribution in [0.3, 0.4) is 0 Å².